The molecule has 0 aliphatic carbocycles. The molecule has 18 heavy (non-hydrogen) atoms. The van der Waals surface area contributed by atoms with Crippen molar-refractivity contribution in [1.82, 2.24) is 15.2 Å². The van der Waals surface area contributed by atoms with Crippen molar-refractivity contribution in [1.29, 1.82) is 0 Å². The van der Waals surface area contributed by atoms with Crippen LogP contribution in [0.1, 0.15) is 6.92 Å². The summed E-state index contributed by atoms with van der Waals surface area (Å²) < 4.78 is 0. The lowest BCUT2D eigenvalue weighted by molar-refractivity contribution is -0.123. The van der Waals surface area contributed by atoms with Crippen molar-refractivity contribution in [3.63, 3.8) is 0 Å². The van der Waals surface area contributed by atoms with Gasteiger partial charge in [0.1, 0.15) is 0 Å². The van der Waals surface area contributed by atoms with Crippen molar-refractivity contribution in [2.45, 2.75) is 13.0 Å². The number of nitrogens with one attached hydrogen (secondary N) is 1. The number of carbonyl (C=O) groups excluding carboxylic acids is 1. The van der Waals surface area contributed by atoms with E-state index in [4.69, 9.17) is 0 Å². The molecule has 1 saturated heterocycles. The highest BCUT2D eigenvalue weighted by atomic mass is 16.2. The van der Waals surface area contributed by atoms with Crippen LogP contribution in [0.4, 0.5) is 5.69 Å². The molecular weight excluding hydrogens is 228 g/mol. The molecule has 1 amide bonds. The molecule has 1 aromatic rings. The number of likely N-dealkylation sites (N-methyl/N-ethyl adjacent to an activating group) is 1. The summed E-state index contributed by atoms with van der Waals surface area (Å²) in [5.41, 5.74) is 0.886. The summed E-state index contributed by atoms with van der Waals surface area (Å²) in [7, 11) is 1.82. The third kappa shape index (κ3) is 2.86. The molecule has 0 aromatic carbocycles. The Morgan fingerprint density at radius 1 is 1.39 bits per heavy atom. The van der Waals surface area contributed by atoms with E-state index in [1.807, 2.05) is 26.1 Å². The van der Waals surface area contributed by atoms with Crippen molar-refractivity contribution in [3.05, 3.63) is 24.5 Å². The standard InChI is InChI=1S/C13H20N4O/c1-11(17-9-7-15-8-10-17)13(18)16(2)12-3-5-14-6-4-12/h3-6,11,15H,7-10H2,1-2H3. The average molecular weight is 248 g/mol. The van der Waals surface area contributed by atoms with E-state index in [9.17, 15) is 4.79 Å². The summed E-state index contributed by atoms with van der Waals surface area (Å²) in [4.78, 5) is 20.3. The fourth-order valence-corrected chi connectivity index (χ4v) is 2.20. The van der Waals surface area contributed by atoms with Gasteiger partial charge in [0.05, 0.1) is 6.04 Å². The number of pyridine rings is 1. The second-order valence-corrected chi connectivity index (χ2v) is 4.56. The highest BCUT2D eigenvalue weighted by Crippen LogP contribution is 2.13. The maximum absolute atomic E-state index is 12.4. The van der Waals surface area contributed by atoms with Crippen LogP contribution in [0.25, 0.3) is 0 Å². The number of anilines is 1. The summed E-state index contributed by atoms with van der Waals surface area (Å²) in [5, 5.41) is 3.29. The van der Waals surface area contributed by atoms with E-state index in [-0.39, 0.29) is 11.9 Å². The Bertz CT molecular complexity index is 389. The lowest BCUT2D eigenvalue weighted by Gasteiger charge is -2.34. The van der Waals surface area contributed by atoms with Gasteiger partial charge in [-0.2, -0.15) is 0 Å². The van der Waals surface area contributed by atoms with Crippen LogP contribution in [0.3, 0.4) is 0 Å². The number of nitrogens with zero attached hydrogens (tertiary/aromatic N) is 3. The number of piperazine rings is 1. The molecule has 1 aromatic heterocycles. The van der Waals surface area contributed by atoms with E-state index in [2.05, 4.69) is 15.2 Å². The molecule has 0 bridgehead atoms. The molecule has 0 spiro atoms. The molecule has 1 aliphatic heterocycles. The van der Waals surface area contributed by atoms with Gasteiger partial charge in [-0.25, -0.2) is 0 Å². The van der Waals surface area contributed by atoms with Gasteiger partial charge in [0.25, 0.3) is 0 Å². The van der Waals surface area contributed by atoms with Crippen molar-refractivity contribution in [2.75, 3.05) is 38.1 Å². The van der Waals surface area contributed by atoms with Gasteiger partial charge < -0.3 is 10.2 Å². The molecule has 1 N–H and O–H groups in total. The molecule has 98 valence electrons. The number of rotatable bonds is 3. The van der Waals surface area contributed by atoms with Crippen LogP contribution >= 0.6 is 0 Å². The highest BCUT2D eigenvalue weighted by molar-refractivity contribution is 5.96. The molecule has 1 fully saturated rings. The Morgan fingerprint density at radius 3 is 2.61 bits per heavy atom. The summed E-state index contributed by atoms with van der Waals surface area (Å²) in [6.45, 7) is 5.74. The fourth-order valence-electron chi connectivity index (χ4n) is 2.20. The molecule has 1 unspecified atom stereocenters. The number of hydrogen-bond acceptors (Lipinski definition) is 4. The van der Waals surface area contributed by atoms with Crippen molar-refractivity contribution in [3.8, 4) is 0 Å². The quantitative estimate of drug-likeness (QED) is 0.838. The Balaban J connectivity index is 2.01. The van der Waals surface area contributed by atoms with Crippen molar-refractivity contribution >= 4 is 11.6 Å². The van der Waals surface area contributed by atoms with Crippen LogP contribution in [0.15, 0.2) is 24.5 Å². The third-order valence-electron chi connectivity index (χ3n) is 3.44. The molecule has 5 heteroatoms. The fraction of sp³-hybridized carbons (Fsp3) is 0.538. The number of carbonyl (C=O) groups is 1. The van der Waals surface area contributed by atoms with Gasteiger partial charge in [-0.05, 0) is 19.1 Å². The summed E-state index contributed by atoms with van der Waals surface area (Å²) in [6.07, 6.45) is 3.41. The maximum atomic E-state index is 12.4. The predicted molar refractivity (Wildman–Crippen MR) is 71.6 cm³/mol. The first-order valence-electron chi connectivity index (χ1n) is 6.32. The average Bonchev–Trinajstić information content (AvgIpc) is 2.47. The normalized spacial score (nSPS) is 18.3. The van der Waals surface area contributed by atoms with Crippen LogP contribution in [0, 0.1) is 0 Å². The zero-order valence-electron chi connectivity index (χ0n) is 11.0. The SMILES string of the molecule is CC(C(=O)N(C)c1ccncc1)N1CCNCC1. The van der Waals surface area contributed by atoms with Gasteiger partial charge in [-0.3, -0.25) is 14.7 Å². The van der Waals surface area contributed by atoms with Crippen LogP contribution < -0.4 is 10.2 Å². The number of hydrogen-bond donors (Lipinski definition) is 1. The topological polar surface area (TPSA) is 48.5 Å². The Hall–Kier alpha value is -1.46. The van der Waals surface area contributed by atoms with E-state index in [1.54, 1.807) is 17.3 Å². The second kappa shape index (κ2) is 5.93. The van der Waals surface area contributed by atoms with Crippen molar-refractivity contribution in [2.24, 2.45) is 0 Å². The largest absolute Gasteiger partial charge is 0.314 e. The minimum absolute atomic E-state index is 0.0785. The lowest BCUT2D eigenvalue weighted by Crippen LogP contribution is -2.53. The highest BCUT2D eigenvalue weighted by Gasteiger charge is 2.25. The molecule has 0 saturated carbocycles. The van der Waals surface area contributed by atoms with Crippen molar-refractivity contribution < 1.29 is 4.79 Å². The first kappa shape index (κ1) is 13.0. The van der Waals surface area contributed by atoms with Crippen LogP contribution in [0.2, 0.25) is 0 Å². The van der Waals surface area contributed by atoms with E-state index >= 15 is 0 Å². The first-order chi connectivity index (χ1) is 8.70. The zero-order valence-corrected chi connectivity index (χ0v) is 11.0. The van der Waals surface area contributed by atoms with Gasteiger partial charge in [-0.1, -0.05) is 0 Å². The smallest absolute Gasteiger partial charge is 0.243 e. The lowest BCUT2D eigenvalue weighted by atomic mass is 10.2. The molecule has 1 atom stereocenters. The summed E-state index contributed by atoms with van der Waals surface area (Å²) in [6, 6.07) is 3.62. The molecular formula is C13H20N4O. The number of amides is 1. The Labute approximate surface area is 108 Å². The molecule has 2 rings (SSSR count). The second-order valence-electron chi connectivity index (χ2n) is 4.56. The van der Waals surface area contributed by atoms with Gasteiger partial charge in [-0.15, -0.1) is 0 Å². The number of aromatic nitrogens is 1. The molecule has 0 radical (unpaired) electrons. The Kier molecular flexibility index (Phi) is 4.28. The maximum Gasteiger partial charge on any atom is 0.243 e. The zero-order chi connectivity index (χ0) is 13.0. The van der Waals surface area contributed by atoms with E-state index in [0.29, 0.717) is 0 Å². The monoisotopic (exact) mass is 248 g/mol. The summed E-state index contributed by atoms with van der Waals surface area (Å²) >= 11 is 0. The van der Waals surface area contributed by atoms with Gasteiger partial charge in [0.15, 0.2) is 0 Å². The minimum Gasteiger partial charge on any atom is -0.314 e. The van der Waals surface area contributed by atoms with Crippen LogP contribution in [-0.4, -0.2) is 55.1 Å². The van der Waals surface area contributed by atoms with E-state index in [1.165, 1.54) is 0 Å². The van der Waals surface area contributed by atoms with Gasteiger partial charge >= 0.3 is 0 Å². The summed E-state index contributed by atoms with van der Waals surface area (Å²) in [5.74, 6) is 0.128. The minimum atomic E-state index is -0.0785. The van der Waals surface area contributed by atoms with Gasteiger partial charge in [0, 0.05) is 51.3 Å². The van der Waals surface area contributed by atoms with Gasteiger partial charge in [0.2, 0.25) is 5.91 Å². The first-order valence-corrected chi connectivity index (χ1v) is 6.32. The Morgan fingerprint density at radius 2 is 2.00 bits per heavy atom. The molecule has 5 nitrogen and oxygen atoms in total. The third-order valence-corrected chi connectivity index (χ3v) is 3.44. The van der Waals surface area contributed by atoms with E-state index in [0.717, 1.165) is 31.9 Å². The molecule has 2 heterocycles. The van der Waals surface area contributed by atoms with Crippen LogP contribution in [0.5, 0.6) is 0 Å². The molecule has 1 aliphatic rings. The van der Waals surface area contributed by atoms with E-state index < -0.39 is 0 Å². The predicted octanol–water partition coefficient (Wildman–Crippen LogP) is 0.338. The van der Waals surface area contributed by atoms with Crippen LogP contribution in [-0.2, 0) is 4.79 Å².